The Morgan fingerprint density at radius 1 is 1.16 bits per heavy atom. The van der Waals surface area contributed by atoms with Gasteiger partial charge in [0.2, 0.25) is 5.91 Å². The Kier molecular flexibility index (Phi) is 6.13. The molecule has 0 fully saturated rings. The number of thioether (sulfide) groups is 1. The van der Waals surface area contributed by atoms with E-state index in [0.717, 1.165) is 11.1 Å². The van der Waals surface area contributed by atoms with Crippen molar-refractivity contribution < 1.29 is 13.7 Å². The first-order chi connectivity index (χ1) is 15.0. The summed E-state index contributed by atoms with van der Waals surface area (Å²) in [5, 5.41) is 15.3. The average Bonchev–Trinajstić information content (AvgIpc) is 3.35. The smallest absolute Gasteiger partial charge is 0.238 e. The number of carbonyl (C=O) groups excluding carboxylic acids is 1. The third kappa shape index (κ3) is 5.00. The Bertz CT molecular complexity index is 1170. The van der Waals surface area contributed by atoms with Crippen LogP contribution in [0.15, 0.2) is 70.3 Å². The minimum atomic E-state index is -0.461. The topological polar surface area (TPSA) is 85.8 Å². The lowest BCUT2D eigenvalue weighted by molar-refractivity contribution is -0.115. The second kappa shape index (κ2) is 9.13. The SMILES string of the molecule is Cc1cc(NC(=O)C(C)Sc2nnc(-c3ccc(F)cc3)n2Cc2ccccc2)no1. The molecule has 31 heavy (non-hydrogen) atoms. The Balaban J connectivity index is 1.60. The van der Waals surface area contributed by atoms with E-state index in [-0.39, 0.29) is 11.7 Å². The molecule has 0 radical (unpaired) electrons. The van der Waals surface area contributed by atoms with Crippen molar-refractivity contribution in [2.24, 2.45) is 0 Å². The molecule has 0 aliphatic heterocycles. The third-order valence-electron chi connectivity index (χ3n) is 4.53. The summed E-state index contributed by atoms with van der Waals surface area (Å²) in [6.07, 6.45) is 0. The van der Waals surface area contributed by atoms with Gasteiger partial charge in [0.05, 0.1) is 11.8 Å². The Morgan fingerprint density at radius 3 is 2.58 bits per heavy atom. The van der Waals surface area contributed by atoms with Crippen LogP contribution in [0.1, 0.15) is 18.2 Å². The standard InChI is InChI=1S/C22H20FN5O2S/c1-14-12-19(27-30-14)24-21(29)15(2)31-22-26-25-20(17-8-10-18(23)11-9-17)28(22)13-16-6-4-3-5-7-16/h3-12,15H,13H2,1-2H3,(H,24,27,29). The van der Waals surface area contributed by atoms with Crippen LogP contribution in [0.2, 0.25) is 0 Å². The number of carbonyl (C=O) groups is 1. The molecule has 0 spiro atoms. The number of amides is 1. The number of nitrogens with one attached hydrogen (secondary N) is 1. The Labute approximate surface area is 182 Å². The summed E-state index contributed by atoms with van der Waals surface area (Å²) in [7, 11) is 0. The number of halogens is 1. The molecule has 0 aliphatic rings. The Hall–Kier alpha value is -3.46. The summed E-state index contributed by atoms with van der Waals surface area (Å²) in [6, 6.07) is 17.6. The summed E-state index contributed by atoms with van der Waals surface area (Å²) in [6.45, 7) is 4.05. The van der Waals surface area contributed by atoms with Gasteiger partial charge in [0, 0.05) is 11.6 Å². The highest BCUT2D eigenvalue weighted by atomic mass is 32.2. The van der Waals surface area contributed by atoms with E-state index in [2.05, 4.69) is 20.7 Å². The predicted molar refractivity (Wildman–Crippen MR) is 116 cm³/mol. The van der Waals surface area contributed by atoms with E-state index in [4.69, 9.17) is 4.52 Å². The second-order valence-corrected chi connectivity index (χ2v) is 8.26. The van der Waals surface area contributed by atoms with E-state index in [1.54, 1.807) is 32.0 Å². The lowest BCUT2D eigenvalue weighted by Gasteiger charge is -2.13. The first-order valence-corrected chi connectivity index (χ1v) is 10.5. The van der Waals surface area contributed by atoms with E-state index in [1.165, 1.54) is 23.9 Å². The monoisotopic (exact) mass is 437 g/mol. The first-order valence-electron chi connectivity index (χ1n) is 9.63. The van der Waals surface area contributed by atoms with Crippen molar-refractivity contribution in [3.05, 3.63) is 77.8 Å². The molecular formula is C22H20FN5O2S. The van der Waals surface area contributed by atoms with Crippen molar-refractivity contribution in [3.63, 3.8) is 0 Å². The number of anilines is 1. The molecule has 4 rings (SSSR count). The fourth-order valence-corrected chi connectivity index (χ4v) is 3.81. The van der Waals surface area contributed by atoms with Gasteiger partial charge in [-0.2, -0.15) is 0 Å². The highest BCUT2D eigenvalue weighted by molar-refractivity contribution is 8.00. The van der Waals surface area contributed by atoms with Crippen LogP contribution in [0.3, 0.4) is 0 Å². The predicted octanol–water partition coefficient (Wildman–Crippen LogP) is 4.55. The van der Waals surface area contributed by atoms with Gasteiger partial charge in [-0.15, -0.1) is 10.2 Å². The number of hydrogen-bond acceptors (Lipinski definition) is 6. The summed E-state index contributed by atoms with van der Waals surface area (Å²) in [5.41, 5.74) is 1.80. The van der Waals surface area contributed by atoms with Crippen LogP contribution in [-0.2, 0) is 11.3 Å². The Morgan fingerprint density at radius 2 is 1.90 bits per heavy atom. The quantitative estimate of drug-likeness (QED) is 0.427. The molecule has 1 unspecified atom stereocenters. The van der Waals surface area contributed by atoms with Crippen LogP contribution in [0.5, 0.6) is 0 Å². The molecule has 1 N–H and O–H groups in total. The van der Waals surface area contributed by atoms with Crippen LogP contribution < -0.4 is 5.32 Å². The normalized spacial score (nSPS) is 12.0. The van der Waals surface area contributed by atoms with E-state index in [9.17, 15) is 9.18 Å². The lowest BCUT2D eigenvalue weighted by atomic mass is 10.2. The van der Waals surface area contributed by atoms with Crippen LogP contribution >= 0.6 is 11.8 Å². The molecule has 7 nitrogen and oxygen atoms in total. The highest BCUT2D eigenvalue weighted by Crippen LogP contribution is 2.28. The molecule has 0 aliphatic carbocycles. The molecule has 1 amide bonds. The fourth-order valence-electron chi connectivity index (χ4n) is 2.96. The zero-order valence-electron chi connectivity index (χ0n) is 16.9. The lowest BCUT2D eigenvalue weighted by Crippen LogP contribution is -2.23. The summed E-state index contributed by atoms with van der Waals surface area (Å²) < 4.78 is 20.3. The van der Waals surface area contributed by atoms with Crippen molar-refractivity contribution >= 4 is 23.5 Å². The molecule has 4 aromatic rings. The number of aromatic nitrogens is 4. The maximum atomic E-state index is 13.4. The molecule has 9 heteroatoms. The molecule has 0 saturated heterocycles. The van der Waals surface area contributed by atoms with Crippen LogP contribution in [-0.4, -0.2) is 31.1 Å². The van der Waals surface area contributed by atoms with Gasteiger partial charge in [-0.3, -0.25) is 9.36 Å². The summed E-state index contributed by atoms with van der Waals surface area (Å²) >= 11 is 1.29. The van der Waals surface area contributed by atoms with Crippen molar-refractivity contribution in [1.29, 1.82) is 0 Å². The van der Waals surface area contributed by atoms with Gasteiger partial charge < -0.3 is 9.84 Å². The first kappa shape index (κ1) is 20.8. The van der Waals surface area contributed by atoms with Crippen molar-refractivity contribution in [1.82, 2.24) is 19.9 Å². The maximum absolute atomic E-state index is 13.4. The zero-order valence-corrected chi connectivity index (χ0v) is 17.8. The third-order valence-corrected chi connectivity index (χ3v) is 5.61. The summed E-state index contributed by atoms with van der Waals surface area (Å²) in [5.74, 6) is 1.04. The van der Waals surface area contributed by atoms with Crippen molar-refractivity contribution in [3.8, 4) is 11.4 Å². The van der Waals surface area contributed by atoms with E-state index >= 15 is 0 Å². The van der Waals surface area contributed by atoms with E-state index < -0.39 is 5.25 Å². The zero-order chi connectivity index (χ0) is 21.8. The molecule has 2 heterocycles. The van der Waals surface area contributed by atoms with Gasteiger partial charge in [0.25, 0.3) is 0 Å². The number of aryl methyl sites for hydroxylation is 1. The molecule has 0 bridgehead atoms. The number of nitrogens with zero attached hydrogens (tertiary/aromatic N) is 4. The molecule has 1 atom stereocenters. The van der Waals surface area contributed by atoms with Crippen LogP contribution in [0, 0.1) is 12.7 Å². The molecule has 0 saturated carbocycles. The van der Waals surface area contributed by atoms with E-state index in [0.29, 0.717) is 29.1 Å². The molecule has 2 aromatic carbocycles. The second-order valence-electron chi connectivity index (χ2n) is 6.96. The molecule has 2 aromatic heterocycles. The minimum Gasteiger partial charge on any atom is -0.360 e. The van der Waals surface area contributed by atoms with Crippen LogP contribution in [0.4, 0.5) is 10.2 Å². The van der Waals surface area contributed by atoms with Gasteiger partial charge in [0.1, 0.15) is 11.6 Å². The molecular weight excluding hydrogens is 417 g/mol. The molecule has 158 valence electrons. The maximum Gasteiger partial charge on any atom is 0.238 e. The van der Waals surface area contributed by atoms with Crippen molar-refractivity contribution in [2.75, 3.05) is 5.32 Å². The number of benzene rings is 2. The fraction of sp³-hybridized carbons (Fsp3) is 0.182. The van der Waals surface area contributed by atoms with Gasteiger partial charge in [-0.25, -0.2) is 4.39 Å². The van der Waals surface area contributed by atoms with Gasteiger partial charge in [-0.05, 0) is 43.7 Å². The number of rotatable bonds is 7. The summed E-state index contributed by atoms with van der Waals surface area (Å²) in [4.78, 5) is 12.6. The largest absolute Gasteiger partial charge is 0.360 e. The van der Waals surface area contributed by atoms with Gasteiger partial charge in [0.15, 0.2) is 16.8 Å². The van der Waals surface area contributed by atoms with Crippen molar-refractivity contribution in [2.45, 2.75) is 30.8 Å². The van der Waals surface area contributed by atoms with Crippen LogP contribution in [0.25, 0.3) is 11.4 Å². The van der Waals surface area contributed by atoms with Gasteiger partial charge >= 0.3 is 0 Å². The highest BCUT2D eigenvalue weighted by Gasteiger charge is 2.22. The average molecular weight is 438 g/mol. The van der Waals surface area contributed by atoms with Gasteiger partial charge in [-0.1, -0.05) is 47.3 Å². The van der Waals surface area contributed by atoms with E-state index in [1.807, 2.05) is 34.9 Å². The number of hydrogen-bond donors (Lipinski definition) is 1. The minimum absolute atomic E-state index is 0.226.